The molecule has 1 amide bonds. The van der Waals surface area contributed by atoms with E-state index in [4.69, 9.17) is 0 Å². The summed E-state index contributed by atoms with van der Waals surface area (Å²) in [6.07, 6.45) is 5.52. The maximum absolute atomic E-state index is 13.2. The van der Waals surface area contributed by atoms with Crippen molar-refractivity contribution < 1.29 is 14.7 Å². The Kier molecular flexibility index (Phi) is 4.17. The molecule has 1 aliphatic heterocycles. The van der Waals surface area contributed by atoms with Crippen LogP contribution in [-0.2, 0) is 4.79 Å². The predicted molar refractivity (Wildman–Crippen MR) is 88.6 cm³/mol. The predicted octanol–water partition coefficient (Wildman–Crippen LogP) is 3.81. The van der Waals surface area contributed by atoms with Crippen molar-refractivity contribution in [3.8, 4) is 0 Å². The highest BCUT2D eigenvalue weighted by Crippen LogP contribution is 2.50. The zero-order valence-electron chi connectivity index (χ0n) is 13.9. The molecule has 1 aliphatic carbocycles. The number of fused-ring (bicyclic) bond motifs is 1. The lowest BCUT2D eigenvalue weighted by Gasteiger charge is -2.55. The number of aliphatic carboxylic acids is 1. The number of carbonyl (C=O) groups excluding carboxylic acids is 1. The summed E-state index contributed by atoms with van der Waals surface area (Å²) in [5, 5.41) is 10.0. The van der Waals surface area contributed by atoms with Crippen molar-refractivity contribution in [3.05, 3.63) is 35.4 Å². The largest absolute Gasteiger partial charge is 0.481 e. The van der Waals surface area contributed by atoms with E-state index in [2.05, 4.69) is 6.92 Å². The standard InChI is InChI=1S/C19H25NO3/c1-3-13(2)20-17(21)15-10-6-5-9-14(15)16(18(22)23)19(20)11-7-4-8-12-19/h5-6,9-10,13,16H,3-4,7-8,11-12H2,1-2H3,(H,22,23)/t13-,16-/m0/s1. The fourth-order valence-corrected chi connectivity index (χ4v) is 4.58. The first kappa shape index (κ1) is 16.0. The molecule has 0 saturated heterocycles. The van der Waals surface area contributed by atoms with Crippen LogP contribution < -0.4 is 0 Å². The molecule has 0 radical (unpaired) electrons. The van der Waals surface area contributed by atoms with Gasteiger partial charge in [0.15, 0.2) is 0 Å². The SMILES string of the molecule is CC[C@H](C)N1C(=O)c2ccccc2[C@@H](C(=O)O)C12CCCCC2. The maximum atomic E-state index is 13.2. The van der Waals surface area contributed by atoms with E-state index in [1.54, 1.807) is 6.07 Å². The van der Waals surface area contributed by atoms with Crippen LogP contribution in [0.25, 0.3) is 0 Å². The van der Waals surface area contributed by atoms with Crippen molar-refractivity contribution in [1.82, 2.24) is 4.90 Å². The first-order valence-corrected chi connectivity index (χ1v) is 8.68. The minimum atomic E-state index is -0.805. The minimum Gasteiger partial charge on any atom is -0.481 e. The van der Waals surface area contributed by atoms with Crippen molar-refractivity contribution >= 4 is 11.9 Å². The van der Waals surface area contributed by atoms with E-state index in [9.17, 15) is 14.7 Å². The van der Waals surface area contributed by atoms with Crippen LogP contribution in [0.2, 0.25) is 0 Å². The zero-order valence-corrected chi connectivity index (χ0v) is 13.9. The molecule has 1 aromatic carbocycles. The Morgan fingerprint density at radius 1 is 1.30 bits per heavy atom. The number of benzene rings is 1. The van der Waals surface area contributed by atoms with Gasteiger partial charge in [-0.25, -0.2) is 0 Å². The molecule has 4 nitrogen and oxygen atoms in total. The van der Waals surface area contributed by atoms with Crippen LogP contribution >= 0.6 is 0 Å². The van der Waals surface area contributed by atoms with Crippen molar-refractivity contribution in [2.24, 2.45) is 0 Å². The van der Waals surface area contributed by atoms with Gasteiger partial charge < -0.3 is 10.0 Å². The third-order valence-electron chi connectivity index (χ3n) is 5.74. The van der Waals surface area contributed by atoms with E-state index in [0.29, 0.717) is 11.1 Å². The molecule has 4 heteroatoms. The summed E-state index contributed by atoms with van der Waals surface area (Å²) in [4.78, 5) is 27.3. The lowest BCUT2D eigenvalue weighted by atomic mass is 9.65. The molecule has 1 heterocycles. The van der Waals surface area contributed by atoms with Gasteiger partial charge in [0.25, 0.3) is 5.91 Å². The maximum Gasteiger partial charge on any atom is 0.313 e. The number of hydrogen-bond acceptors (Lipinski definition) is 2. The van der Waals surface area contributed by atoms with E-state index in [1.807, 2.05) is 30.0 Å². The Labute approximate surface area is 137 Å². The number of rotatable bonds is 3. The van der Waals surface area contributed by atoms with E-state index in [0.717, 1.165) is 38.5 Å². The smallest absolute Gasteiger partial charge is 0.313 e. The van der Waals surface area contributed by atoms with Gasteiger partial charge in [0.2, 0.25) is 0 Å². The Bertz CT molecular complexity index is 619. The van der Waals surface area contributed by atoms with Crippen LogP contribution in [0, 0.1) is 0 Å². The molecule has 124 valence electrons. The zero-order chi connectivity index (χ0) is 16.6. The number of amides is 1. The van der Waals surface area contributed by atoms with Gasteiger partial charge >= 0.3 is 5.97 Å². The van der Waals surface area contributed by atoms with Crippen LogP contribution in [-0.4, -0.2) is 33.5 Å². The van der Waals surface area contributed by atoms with Gasteiger partial charge in [0.1, 0.15) is 5.92 Å². The van der Waals surface area contributed by atoms with E-state index >= 15 is 0 Å². The Hall–Kier alpha value is -1.84. The molecule has 1 aromatic rings. The molecule has 1 spiro atoms. The fraction of sp³-hybridized carbons (Fsp3) is 0.579. The molecule has 3 rings (SSSR count). The molecule has 1 N–H and O–H groups in total. The van der Waals surface area contributed by atoms with Crippen LogP contribution in [0.3, 0.4) is 0 Å². The van der Waals surface area contributed by atoms with Gasteiger partial charge in [-0.1, -0.05) is 44.4 Å². The highest BCUT2D eigenvalue weighted by molar-refractivity contribution is 6.01. The molecule has 1 fully saturated rings. The van der Waals surface area contributed by atoms with Gasteiger partial charge in [0, 0.05) is 11.6 Å². The van der Waals surface area contributed by atoms with Gasteiger partial charge in [-0.3, -0.25) is 9.59 Å². The summed E-state index contributed by atoms with van der Waals surface area (Å²) in [6, 6.07) is 7.33. The van der Waals surface area contributed by atoms with Crippen molar-refractivity contribution in [3.63, 3.8) is 0 Å². The lowest BCUT2D eigenvalue weighted by Crippen LogP contribution is -2.63. The average Bonchev–Trinajstić information content (AvgIpc) is 2.55. The quantitative estimate of drug-likeness (QED) is 0.922. The second-order valence-corrected chi connectivity index (χ2v) is 6.96. The summed E-state index contributed by atoms with van der Waals surface area (Å²) < 4.78 is 0. The number of hydrogen-bond donors (Lipinski definition) is 1. The second kappa shape index (κ2) is 5.99. The van der Waals surface area contributed by atoms with Gasteiger partial charge in [0.05, 0.1) is 5.54 Å². The van der Waals surface area contributed by atoms with Crippen LogP contribution in [0.4, 0.5) is 0 Å². The summed E-state index contributed by atoms with van der Waals surface area (Å²) in [5.41, 5.74) is 0.702. The summed E-state index contributed by atoms with van der Waals surface area (Å²) >= 11 is 0. The monoisotopic (exact) mass is 315 g/mol. The highest BCUT2D eigenvalue weighted by atomic mass is 16.4. The second-order valence-electron chi connectivity index (χ2n) is 6.96. The van der Waals surface area contributed by atoms with E-state index in [-0.39, 0.29) is 11.9 Å². The summed E-state index contributed by atoms with van der Waals surface area (Å²) in [5.74, 6) is -1.42. The summed E-state index contributed by atoms with van der Waals surface area (Å²) in [7, 11) is 0. The molecule has 0 aromatic heterocycles. The molecule has 0 bridgehead atoms. The van der Waals surface area contributed by atoms with Gasteiger partial charge in [-0.2, -0.15) is 0 Å². The van der Waals surface area contributed by atoms with E-state index in [1.165, 1.54) is 0 Å². The topological polar surface area (TPSA) is 57.6 Å². The van der Waals surface area contributed by atoms with Gasteiger partial charge in [-0.05, 0) is 37.8 Å². The third-order valence-corrected chi connectivity index (χ3v) is 5.74. The number of carboxylic acids is 1. The van der Waals surface area contributed by atoms with Crippen molar-refractivity contribution in [1.29, 1.82) is 0 Å². The Morgan fingerprint density at radius 2 is 1.96 bits per heavy atom. The summed E-state index contributed by atoms with van der Waals surface area (Å²) in [6.45, 7) is 4.10. The highest BCUT2D eigenvalue weighted by Gasteiger charge is 2.55. The molecular weight excluding hydrogens is 290 g/mol. The molecule has 2 aliphatic rings. The van der Waals surface area contributed by atoms with Crippen LogP contribution in [0.1, 0.15) is 74.2 Å². The molecule has 0 unspecified atom stereocenters. The van der Waals surface area contributed by atoms with E-state index < -0.39 is 17.4 Å². The first-order valence-electron chi connectivity index (χ1n) is 8.68. The first-order chi connectivity index (χ1) is 11.0. The van der Waals surface area contributed by atoms with Gasteiger partial charge in [-0.15, -0.1) is 0 Å². The molecular formula is C19H25NO3. The lowest BCUT2D eigenvalue weighted by molar-refractivity contribution is -0.144. The van der Waals surface area contributed by atoms with Crippen molar-refractivity contribution in [2.75, 3.05) is 0 Å². The Morgan fingerprint density at radius 3 is 2.57 bits per heavy atom. The number of carbonyl (C=O) groups is 2. The van der Waals surface area contributed by atoms with Crippen LogP contribution in [0.5, 0.6) is 0 Å². The average molecular weight is 315 g/mol. The third kappa shape index (κ3) is 2.35. The fourth-order valence-electron chi connectivity index (χ4n) is 4.58. The van der Waals surface area contributed by atoms with Crippen LogP contribution in [0.15, 0.2) is 24.3 Å². The molecule has 2 atom stereocenters. The molecule has 1 saturated carbocycles. The molecule has 23 heavy (non-hydrogen) atoms. The Balaban J connectivity index is 2.23. The normalized spacial score (nSPS) is 24.3. The van der Waals surface area contributed by atoms with Crippen molar-refractivity contribution in [2.45, 2.75) is 69.9 Å². The number of nitrogens with zero attached hydrogens (tertiary/aromatic N) is 1. The minimum absolute atomic E-state index is 0.00866. The number of carboxylic acid groups (broad SMARTS) is 1.